The van der Waals surface area contributed by atoms with Crippen LogP contribution in [0.3, 0.4) is 0 Å². The Balaban J connectivity index is 1.91. The van der Waals surface area contributed by atoms with Crippen molar-refractivity contribution in [2.24, 2.45) is 0 Å². The van der Waals surface area contributed by atoms with Gasteiger partial charge in [-0.05, 0) is 67.6 Å². The van der Waals surface area contributed by atoms with Crippen molar-refractivity contribution in [1.82, 2.24) is 0 Å². The quantitative estimate of drug-likeness (QED) is 0.658. The Bertz CT molecular complexity index is 769. The Labute approximate surface area is 151 Å². The lowest BCUT2D eigenvalue weighted by Gasteiger charge is -2.21. The zero-order valence-corrected chi connectivity index (χ0v) is 14.6. The minimum Gasteiger partial charge on any atom is -0.330 e. The van der Waals surface area contributed by atoms with Gasteiger partial charge in [0.15, 0.2) is 0 Å². The molecule has 0 fully saturated rings. The molecular weight excluding hydrogens is 340 g/mol. The summed E-state index contributed by atoms with van der Waals surface area (Å²) in [4.78, 5) is 0. The monoisotopic (exact) mass is 358 g/mol. The molecule has 3 aromatic carbocycles. The zero-order chi connectivity index (χ0) is 17.8. The van der Waals surface area contributed by atoms with Crippen LogP contribution in [-0.2, 0) is 0 Å². The largest absolute Gasteiger partial charge is 0.330 e. The molecule has 3 aromatic rings. The Hall–Kier alpha value is -2.23. The molecule has 0 radical (unpaired) electrons. The number of halogens is 3. The van der Waals surface area contributed by atoms with E-state index in [1.807, 2.05) is 24.3 Å². The van der Waals surface area contributed by atoms with Crippen LogP contribution in [0, 0.1) is 11.6 Å². The maximum atomic E-state index is 13.3. The SMILES string of the molecule is C[C@H]([NH2+]C(c1ccc(F)cc1)c1ccc(F)cc1)c1ccc(Cl)cc1. The fourth-order valence-electron chi connectivity index (χ4n) is 2.92. The minimum atomic E-state index is -0.271. The van der Waals surface area contributed by atoms with E-state index in [0.717, 1.165) is 16.7 Å². The molecule has 0 spiro atoms. The molecule has 3 rings (SSSR count). The van der Waals surface area contributed by atoms with E-state index >= 15 is 0 Å². The molecule has 0 aliphatic rings. The lowest BCUT2D eigenvalue weighted by molar-refractivity contribution is -0.723. The smallest absolute Gasteiger partial charge is 0.138 e. The molecule has 25 heavy (non-hydrogen) atoms. The highest BCUT2D eigenvalue weighted by Gasteiger charge is 2.21. The average molecular weight is 359 g/mol. The predicted octanol–water partition coefficient (Wildman–Crippen LogP) is 5.03. The second-order valence-electron chi connectivity index (χ2n) is 6.11. The molecule has 0 heterocycles. The number of quaternary nitrogens is 1. The molecule has 4 heteroatoms. The van der Waals surface area contributed by atoms with Crippen molar-refractivity contribution >= 4 is 11.6 Å². The summed E-state index contributed by atoms with van der Waals surface area (Å²) < 4.78 is 26.6. The molecule has 0 aromatic heterocycles. The first kappa shape index (κ1) is 17.6. The third-order valence-corrected chi connectivity index (χ3v) is 4.59. The Morgan fingerprint density at radius 1 is 0.680 bits per heavy atom. The average Bonchev–Trinajstić information content (AvgIpc) is 2.62. The van der Waals surface area contributed by atoms with E-state index in [4.69, 9.17) is 11.6 Å². The van der Waals surface area contributed by atoms with Crippen molar-refractivity contribution in [3.8, 4) is 0 Å². The van der Waals surface area contributed by atoms with Gasteiger partial charge in [0.25, 0.3) is 0 Å². The van der Waals surface area contributed by atoms with Crippen LogP contribution >= 0.6 is 11.6 Å². The van der Waals surface area contributed by atoms with Gasteiger partial charge >= 0.3 is 0 Å². The van der Waals surface area contributed by atoms with Crippen LogP contribution in [0.1, 0.15) is 35.7 Å². The molecule has 0 saturated carbocycles. The van der Waals surface area contributed by atoms with E-state index in [9.17, 15) is 8.78 Å². The van der Waals surface area contributed by atoms with E-state index in [1.165, 1.54) is 24.3 Å². The third kappa shape index (κ3) is 4.44. The van der Waals surface area contributed by atoms with Gasteiger partial charge in [-0.1, -0.05) is 23.7 Å². The van der Waals surface area contributed by atoms with Crippen molar-refractivity contribution in [3.05, 3.63) is 106 Å². The van der Waals surface area contributed by atoms with E-state index < -0.39 is 0 Å². The van der Waals surface area contributed by atoms with E-state index in [2.05, 4.69) is 12.2 Å². The standard InChI is InChI=1S/C21H18ClF2N/c1-14(15-2-8-18(22)9-3-15)25-21(16-4-10-19(23)11-5-16)17-6-12-20(24)13-7-17/h2-14,21,25H,1H3/p+1/t14-/m0/s1. The predicted molar refractivity (Wildman–Crippen MR) is 96.4 cm³/mol. The maximum absolute atomic E-state index is 13.3. The van der Waals surface area contributed by atoms with Crippen LogP contribution in [0.4, 0.5) is 8.78 Å². The van der Waals surface area contributed by atoms with Crippen molar-refractivity contribution in [2.75, 3.05) is 0 Å². The van der Waals surface area contributed by atoms with Crippen LogP contribution in [0.5, 0.6) is 0 Å². The second-order valence-corrected chi connectivity index (χ2v) is 6.55. The first-order chi connectivity index (χ1) is 12.0. The highest BCUT2D eigenvalue weighted by Crippen LogP contribution is 2.22. The van der Waals surface area contributed by atoms with Gasteiger partial charge in [0.1, 0.15) is 23.7 Å². The lowest BCUT2D eigenvalue weighted by atomic mass is 9.96. The first-order valence-corrected chi connectivity index (χ1v) is 8.52. The molecule has 2 N–H and O–H groups in total. The molecule has 0 aliphatic heterocycles. The van der Waals surface area contributed by atoms with Gasteiger partial charge in [-0.3, -0.25) is 0 Å². The molecule has 0 amide bonds. The van der Waals surface area contributed by atoms with Gasteiger partial charge < -0.3 is 5.32 Å². The summed E-state index contributed by atoms with van der Waals surface area (Å²) in [7, 11) is 0. The number of hydrogen-bond donors (Lipinski definition) is 1. The summed E-state index contributed by atoms with van der Waals surface area (Å²) in [5.74, 6) is -0.542. The molecule has 1 nitrogen and oxygen atoms in total. The summed E-state index contributed by atoms with van der Waals surface area (Å²) in [6.45, 7) is 2.10. The molecule has 0 unspecified atom stereocenters. The van der Waals surface area contributed by atoms with Gasteiger partial charge in [-0.25, -0.2) is 8.78 Å². The highest BCUT2D eigenvalue weighted by molar-refractivity contribution is 6.30. The number of rotatable bonds is 5. The van der Waals surface area contributed by atoms with E-state index in [-0.39, 0.29) is 23.7 Å². The Morgan fingerprint density at radius 3 is 1.52 bits per heavy atom. The van der Waals surface area contributed by atoms with Gasteiger partial charge in [0.2, 0.25) is 0 Å². The summed E-state index contributed by atoms with van der Waals surface area (Å²) in [5, 5.41) is 2.88. The topological polar surface area (TPSA) is 16.6 Å². The number of hydrogen-bond acceptors (Lipinski definition) is 0. The van der Waals surface area contributed by atoms with Gasteiger partial charge in [-0.15, -0.1) is 0 Å². The Kier molecular flexibility index (Phi) is 5.47. The normalized spacial score (nSPS) is 12.4. The van der Waals surface area contributed by atoms with Crippen LogP contribution in [0.25, 0.3) is 0 Å². The lowest BCUT2D eigenvalue weighted by Crippen LogP contribution is -2.85. The molecule has 1 atom stereocenters. The summed E-state index contributed by atoms with van der Waals surface area (Å²) in [5.41, 5.74) is 3.07. The van der Waals surface area contributed by atoms with Crippen LogP contribution in [-0.4, -0.2) is 0 Å². The van der Waals surface area contributed by atoms with Crippen molar-refractivity contribution in [1.29, 1.82) is 0 Å². The fourth-order valence-corrected chi connectivity index (χ4v) is 3.05. The van der Waals surface area contributed by atoms with Crippen LogP contribution in [0.15, 0.2) is 72.8 Å². The number of nitrogens with two attached hydrogens (primary N) is 1. The number of benzene rings is 3. The highest BCUT2D eigenvalue weighted by atomic mass is 35.5. The van der Waals surface area contributed by atoms with Gasteiger partial charge in [0.05, 0.1) is 0 Å². The molecule has 128 valence electrons. The van der Waals surface area contributed by atoms with Gasteiger partial charge in [0, 0.05) is 21.7 Å². The summed E-state index contributed by atoms with van der Waals surface area (Å²) >= 11 is 5.96. The van der Waals surface area contributed by atoms with Crippen LogP contribution in [0.2, 0.25) is 5.02 Å². The second kappa shape index (κ2) is 7.77. The minimum absolute atomic E-state index is 0.0631. The van der Waals surface area contributed by atoms with Crippen molar-refractivity contribution in [3.63, 3.8) is 0 Å². The third-order valence-electron chi connectivity index (χ3n) is 4.34. The van der Waals surface area contributed by atoms with Crippen LogP contribution < -0.4 is 5.32 Å². The van der Waals surface area contributed by atoms with Gasteiger partial charge in [-0.2, -0.15) is 0 Å². The first-order valence-electron chi connectivity index (χ1n) is 8.14. The fraction of sp³-hybridized carbons (Fsp3) is 0.143. The molecular formula is C21H19ClF2N+. The van der Waals surface area contributed by atoms with E-state index in [1.54, 1.807) is 24.3 Å². The summed E-state index contributed by atoms with van der Waals surface area (Å²) in [6, 6.07) is 20.7. The molecule has 0 bridgehead atoms. The zero-order valence-electron chi connectivity index (χ0n) is 13.8. The summed E-state index contributed by atoms with van der Waals surface area (Å²) in [6.07, 6.45) is 0. The maximum Gasteiger partial charge on any atom is 0.138 e. The Morgan fingerprint density at radius 2 is 1.08 bits per heavy atom. The van der Waals surface area contributed by atoms with Crippen molar-refractivity contribution < 1.29 is 14.1 Å². The van der Waals surface area contributed by atoms with Crippen molar-refractivity contribution in [2.45, 2.75) is 19.0 Å². The molecule has 0 saturated heterocycles. The molecule has 0 aliphatic carbocycles. The van der Waals surface area contributed by atoms with E-state index in [0.29, 0.717) is 5.02 Å².